The number of carbonyl (C=O) groups is 2. The van der Waals surface area contributed by atoms with Gasteiger partial charge in [0.05, 0.1) is 13.6 Å². The van der Waals surface area contributed by atoms with Gasteiger partial charge in [0.2, 0.25) is 0 Å². The average Bonchev–Trinajstić information content (AvgIpc) is 3.11. The zero-order chi connectivity index (χ0) is 19.6. The van der Waals surface area contributed by atoms with Crippen LogP contribution in [0.2, 0.25) is 0 Å². The van der Waals surface area contributed by atoms with Crippen LogP contribution in [0.1, 0.15) is 24.3 Å². The molecule has 1 aromatic heterocycles. The number of nitrogens with one attached hydrogen (secondary N) is 2. The molecule has 0 aliphatic carbocycles. The zero-order valence-corrected chi connectivity index (χ0v) is 17.2. The van der Waals surface area contributed by atoms with Crippen LogP contribution in [0.15, 0.2) is 47.8 Å². The summed E-state index contributed by atoms with van der Waals surface area (Å²) in [6, 6.07) is 14.4. The quantitative estimate of drug-likeness (QED) is 0.646. The lowest BCUT2D eigenvalue weighted by atomic mass is 10.1. The van der Waals surface area contributed by atoms with Crippen LogP contribution in [-0.4, -0.2) is 49.4 Å². The average molecular weight is 389 g/mol. The van der Waals surface area contributed by atoms with Crippen molar-refractivity contribution in [2.45, 2.75) is 32.9 Å². The molecular weight excluding hydrogens is 358 g/mol. The van der Waals surface area contributed by atoms with Crippen molar-refractivity contribution in [2.75, 3.05) is 26.7 Å². The van der Waals surface area contributed by atoms with E-state index in [-0.39, 0.29) is 17.9 Å². The second kappa shape index (κ2) is 10.8. The van der Waals surface area contributed by atoms with Crippen molar-refractivity contribution < 1.29 is 14.5 Å². The molecule has 0 aliphatic rings. The van der Waals surface area contributed by atoms with Crippen molar-refractivity contribution in [3.8, 4) is 0 Å². The molecular formula is C21H30N3O2S+. The molecule has 2 aromatic rings. The van der Waals surface area contributed by atoms with E-state index >= 15 is 0 Å². The maximum absolute atomic E-state index is 12.9. The van der Waals surface area contributed by atoms with Crippen molar-refractivity contribution in [1.82, 2.24) is 10.2 Å². The molecule has 2 N–H and O–H groups in total. The summed E-state index contributed by atoms with van der Waals surface area (Å²) in [6.07, 6.45) is 0.824. The summed E-state index contributed by atoms with van der Waals surface area (Å²) in [5, 5.41) is 4.91. The lowest BCUT2D eigenvalue weighted by Crippen LogP contribution is -3.11. The van der Waals surface area contributed by atoms with Gasteiger partial charge in [0.1, 0.15) is 0 Å². The third-order valence-electron chi connectivity index (χ3n) is 4.16. The molecule has 2 amide bonds. The first-order valence-electron chi connectivity index (χ1n) is 9.38. The molecule has 0 saturated carbocycles. The summed E-state index contributed by atoms with van der Waals surface area (Å²) < 4.78 is 0. The Morgan fingerprint density at radius 1 is 1.11 bits per heavy atom. The minimum atomic E-state index is -0.0237. The van der Waals surface area contributed by atoms with E-state index in [0.29, 0.717) is 26.2 Å². The van der Waals surface area contributed by atoms with Gasteiger partial charge < -0.3 is 15.1 Å². The predicted octanol–water partition coefficient (Wildman–Crippen LogP) is 1.36. The largest absolute Gasteiger partial charge is 0.349 e. The number of rotatable bonds is 10. The highest BCUT2D eigenvalue weighted by Gasteiger charge is 2.20. The highest BCUT2D eigenvalue weighted by Crippen LogP contribution is 2.12. The number of nitrogens with zero attached hydrogens (tertiary/aromatic N) is 1. The van der Waals surface area contributed by atoms with Gasteiger partial charge in [-0.25, -0.2) is 0 Å². The molecule has 6 heteroatoms. The lowest BCUT2D eigenvalue weighted by molar-refractivity contribution is -0.863. The Hall–Kier alpha value is -2.18. The number of likely N-dealkylation sites (N-methyl/N-ethyl adjacent to an activating group) is 1. The van der Waals surface area contributed by atoms with E-state index in [9.17, 15) is 9.59 Å². The van der Waals surface area contributed by atoms with E-state index in [2.05, 4.69) is 23.5 Å². The number of thiophene rings is 1. The van der Waals surface area contributed by atoms with Gasteiger partial charge in [-0.05, 0) is 37.3 Å². The Bertz CT molecular complexity index is 701. The van der Waals surface area contributed by atoms with E-state index in [4.69, 9.17) is 0 Å². The van der Waals surface area contributed by atoms with E-state index in [0.717, 1.165) is 11.3 Å². The van der Waals surface area contributed by atoms with Gasteiger partial charge in [-0.3, -0.25) is 9.59 Å². The Labute approximate surface area is 166 Å². The number of amides is 2. The fourth-order valence-corrected chi connectivity index (χ4v) is 3.59. The molecule has 1 aromatic carbocycles. The minimum absolute atomic E-state index is 0.0237. The topological polar surface area (TPSA) is 53.9 Å². The second-order valence-electron chi connectivity index (χ2n) is 7.16. The number of hydrogen-bond donors (Lipinski definition) is 2. The molecule has 0 saturated heterocycles. The number of hydrogen-bond acceptors (Lipinski definition) is 3. The third kappa shape index (κ3) is 7.93. The maximum Gasteiger partial charge on any atom is 0.278 e. The molecule has 0 radical (unpaired) electrons. The Balaban J connectivity index is 1.94. The van der Waals surface area contributed by atoms with Crippen LogP contribution in [0.25, 0.3) is 0 Å². The SMILES string of the molecule is CC(C)NC(=O)C[NH+](C)CC(=O)N(CCc1ccccc1)Cc1cccs1. The van der Waals surface area contributed by atoms with Crippen LogP contribution in [0.5, 0.6) is 0 Å². The van der Waals surface area contributed by atoms with Crippen LogP contribution in [0.3, 0.4) is 0 Å². The first-order chi connectivity index (χ1) is 12.9. The summed E-state index contributed by atoms with van der Waals surface area (Å²) in [6.45, 7) is 5.78. The van der Waals surface area contributed by atoms with E-state index in [1.165, 1.54) is 10.4 Å². The van der Waals surface area contributed by atoms with Gasteiger partial charge in [-0.15, -0.1) is 11.3 Å². The lowest BCUT2D eigenvalue weighted by Gasteiger charge is -2.24. The minimum Gasteiger partial charge on any atom is -0.349 e. The summed E-state index contributed by atoms with van der Waals surface area (Å²) in [5.41, 5.74) is 1.22. The van der Waals surface area contributed by atoms with Crippen LogP contribution in [-0.2, 0) is 22.6 Å². The summed E-state index contributed by atoms with van der Waals surface area (Å²) >= 11 is 1.66. The summed E-state index contributed by atoms with van der Waals surface area (Å²) in [4.78, 5) is 28.8. The fraction of sp³-hybridized carbons (Fsp3) is 0.429. The Morgan fingerprint density at radius 3 is 2.48 bits per heavy atom. The van der Waals surface area contributed by atoms with Gasteiger partial charge in [0, 0.05) is 17.5 Å². The summed E-state index contributed by atoms with van der Waals surface area (Å²) in [7, 11) is 1.89. The first kappa shape index (κ1) is 21.1. The highest BCUT2D eigenvalue weighted by atomic mass is 32.1. The monoisotopic (exact) mass is 388 g/mol. The van der Waals surface area contributed by atoms with Crippen LogP contribution < -0.4 is 10.2 Å². The molecule has 1 atom stereocenters. The summed E-state index contributed by atoms with van der Waals surface area (Å²) in [5.74, 6) is 0.0542. The zero-order valence-electron chi connectivity index (χ0n) is 16.4. The fourth-order valence-electron chi connectivity index (χ4n) is 2.87. The standard InChI is InChI=1S/C21H29N3O2S/c1-17(2)22-20(25)15-23(3)16-21(26)24(14-19-10-7-13-27-19)12-11-18-8-5-4-6-9-18/h4-10,13,17H,11-12,14-16H2,1-3H3,(H,22,25)/p+1. The molecule has 2 rings (SSSR count). The molecule has 5 nitrogen and oxygen atoms in total. The molecule has 1 unspecified atom stereocenters. The number of benzene rings is 1. The first-order valence-corrected chi connectivity index (χ1v) is 10.3. The van der Waals surface area contributed by atoms with Crippen LogP contribution in [0, 0.1) is 0 Å². The van der Waals surface area contributed by atoms with Crippen LogP contribution in [0.4, 0.5) is 0 Å². The normalized spacial score (nSPS) is 12.0. The van der Waals surface area contributed by atoms with Crippen LogP contribution >= 0.6 is 11.3 Å². The second-order valence-corrected chi connectivity index (χ2v) is 8.20. The van der Waals surface area contributed by atoms with Crippen molar-refractivity contribution >= 4 is 23.2 Å². The molecule has 0 spiro atoms. The molecule has 0 aliphatic heterocycles. The van der Waals surface area contributed by atoms with E-state index < -0.39 is 0 Å². The molecule has 1 heterocycles. The van der Waals surface area contributed by atoms with Gasteiger partial charge in [-0.2, -0.15) is 0 Å². The van der Waals surface area contributed by atoms with Crippen molar-refractivity contribution in [3.05, 3.63) is 58.3 Å². The third-order valence-corrected chi connectivity index (χ3v) is 5.02. The van der Waals surface area contributed by atoms with Crippen molar-refractivity contribution in [1.29, 1.82) is 0 Å². The van der Waals surface area contributed by atoms with Crippen molar-refractivity contribution in [3.63, 3.8) is 0 Å². The molecule has 0 bridgehead atoms. The smallest absolute Gasteiger partial charge is 0.278 e. The number of carbonyl (C=O) groups excluding carboxylic acids is 2. The van der Waals surface area contributed by atoms with Gasteiger partial charge in [-0.1, -0.05) is 36.4 Å². The Morgan fingerprint density at radius 2 is 1.85 bits per heavy atom. The van der Waals surface area contributed by atoms with E-state index in [1.54, 1.807) is 11.3 Å². The Kier molecular flexibility index (Phi) is 8.48. The maximum atomic E-state index is 12.9. The molecule has 0 fully saturated rings. The van der Waals surface area contributed by atoms with Gasteiger partial charge in [0.25, 0.3) is 11.8 Å². The molecule has 27 heavy (non-hydrogen) atoms. The van der Waals surface area contributed by atoms with Gasteiger partial charge >= 0.3 is 0 Å². The highest BCUT2D eigenvalue weighted by molar-refractivity contribution is 7.09. The van der Waals surface area contributed by atoms with E-state index in [1.807, 2.05) is 55.4 Å². The number of quaternary nitrogens is 1. The van der Waals surface area contributed by atoms with Gasteiger partial charge in [0.15, 0.2) is 13.1 Å². The van der Waals surface area contributed by atoms with Crippen molar-refractivity contribution in [2.24, 2.45) is 0 Å². The predicted molar refractivity (Wildman–Crippen MR) is 110 cm³/mol. The molecule has 146 valence electrons.